The maximum atomic E-state index is 13.3. The summed E-state index contributed by atoms with van der Waals surface area (Å²) in [5.41, 5.74) is -0.721. The van der Waals surface area contributed by atoms with Crippen LogP contribution in [0.1, 0.15) is 53.4 Å². The topological polar surface area (TPSA) is 143 Å². The lowest BCUT2D eigenvalue weighted by atomic mass is 9.95. The van der Waals surface area contributed by atoms with Gasteiger partial charge in [0.15, 0.2) is 5.78 Å². The number of nitrogens with one attached hydrogen (secondary N) is 3. The lowest BCUT2D eigenvalue weighted by Gasteiger charge is -2.31. The summed E-state index contributed by atoms with van der Waals surface area (Å²) < 4.78 is 47.0. The van der Waals surface area contributed by atoms with E-state index in [4.69, 9.17) is 4.74 Å². The Morgan fingerprint density at radius 2 is 1.86 bits per heavy atom. The van der Waals surface area contributed by atoms with E-state index in [0.29, 0.717) is 19.4 Å². The molecule has 3 aliphatic rings. The molecule has 37 heavy (non-hydrogen) atoms. The van der Waals surface area contributed by atoms with Crippen LogP contribution in [0, 0.1) is 5.92 Å². The van der Waals surface area contributed by atoms with Crippen molar-refractivity contribution in [3.05, 3.63) is 0 Å². The second-order valence-electron chi connectivity index (χ2n) is 10.7. The normalized spacial score (nSPS) is 28.5. The van der Waals surface area contributed by atoms with E-state index < -0.39 is 72.2 Å². The first kappa shape index (κ1) is 28.8. The van der Waals surface area contributed by atoms with Crippen molar-refractivity contribution in [2.75, 3.05) is 13.2 Å². The Morgan fingerprint density at radius 1 is 1.19 bits per heavy atom. The van der Waals surface area contributed by atoms with E-state index in [1.165, 1.54) is 0 Å². The van der Waals surface area contributed by atoms with Gasteiger partial charge in [-0.15, -0.1) is 13.2 Å². The Bertz CT molecular complexity index is 936. The average Bonchev–Trinajstić information content (AvgIpc) is 3.42. The van der Waals surface area contributed by atoms with Crippen LogP contribution >= 0.6 is 0 Å². The molecular weight excluding hydrogens is 501 g/mol. The van der Waals surface area contributed by atoms with Crippen LogP contribution in [0.4, 0.5) is 13.2 Å². The Kier molecular flexibility index (Phi) is 8.52. The summed E-state index contributed by atoms with van der Waals surface area (Å²) in [6.45, 7) is 5.85. The lowest BCUT2D eigenvalue weighted by molar-refractivity contribution is -0.321. The van der Waals surface area contributed by atoms with E-state index in [1.54, 1.807) is 27.7 Å². The van der Waals surface area contributed by atoms with E-state index in [1.807, 2.05) is 0 Å². The molecule has 3 fully saturated rings. The van der Waals surface area contributed by atoms with Crippen LogP contribution in [0.5, 0.6) is 0 Å². The molecule has 208 valence electrons. The van der Waals surface area contributed by atoms with Crippen LogP contribution < -0.4 is 16.0 Å². The monoisotopic (exact) mass is 534 g/mol. The number of Topliss-reactive ketones (excluding diaryl/α,β-unsaturated/α-hetero) is 1. The van der Waals surface area contributed by atoms with Gasteiger partial charge >= 0.3 is 18.2 Å². The third-order valence-corrected chi connectivity index (χ3v) is 6.54. The third kappa shape index (κ3) is 7.40. The molecule has 3 rings (SSSR count). The number of rotatable bonds is 7. The summed E-state index contributed by atoms with van der Waals surface area (Å²) in [5, 5.41) is 7.56. The highest BCUT2D eigenvalue weighted by molar-refractivity contribution is 6.35. The summed E-state index contributed by atoms with van der Waals surface area (Å²) >= 11 is 0. The smallest absolute Gasteiger partial charge is 0.373 e. The maximum Gasteiger partial charge on any atom is 0.522 e. The van der Waals surface area contributed by atoms with E-state index in [9.17, 15) is 37.1 Å². The molecule has 0 spiro atoms. The number of carbonyl (C=O) groups is 5. The summed E-state index contributed by atoms with van der Waals surface area (Å²) in [4.78, 5) is 64.9. The number of likely N-dealkylation sites (tertiary alicyclic amines) is 1. The third-order valence-electron chi connectivity index (χ3n) is 6.54. The zero-order valence-corrected chi connectivity index (χ0v) is 21.1. The minimum absolute atomic E-state index is 0.0409. The van der Waals surface area contributed by atoms with Crippen LogP contribution in [0.15, 0.2) is 0 Å². The van der Waals surface area contributed by atoms with Crippen molar-refractivity contribution in [1.82, 2.24) is 20.9 Å². The Labute approximate surface area is 212 Å². The van der Waals surface area contributed by atoms with Crippen LogP contribution in [0.25, 0.3) is 0 Å². The highest BCUT2D eigenvalue weighted by Crippen LogP contribution is 2.37. The van der Waals surface area contributed by atoms with Crippen molar-refractivity contribution in [3.8, 4) is 0 Å². The maximum absolute atomic E-state index is 13.3. The first-order valence-corrected chi connectivity index (χ1v) is 12.2. The largest absolute Gasteiger partial charge is 0.522 e. The van der Waals surface area contributed by atoms with Gasteiger partial charge < -0.3 is 25.6 Å². The summed E-state index contributed by atoms with van der Waals surface area (Å²) in [5.74, 6) is -4.83. The fourth-order valence-corrected chi connectivity index (χ4v) is 4.99. The van der Waals surface area contributed by atoms with Crippen LogP contribution in [0.3, 0.4) is 0 Å². The highest BCUT2D eigenvalue weighted by atomic mass is 19.4. The molecule has 0 radical (unpaired) electrons. The van der Waals surface area contributed by atoms with E-state index in [2.05, 4.69) is 20.7 Å². The molecule has 3 saturated heterocycles. The molecule has 0 aromatic heterocycles. The number of amides is 4. The molecule has 3 aliphatic heterocycles. The molecule has 0 bridgehead atoms. The number of hydrogen-bond donors (Lipinski definition) is 3. The number of halogens is 3. The number of ether oxygens (including phenoxy) is 2. The fraction of sp³-hybridized carbons (Fsp3) is 0.783. The number of nitrogens with zero attached hydrogens (tertiary/aromatic N) is 1. The minimum atomic E-state index is -5.06. The predicted molar refractivity (Wildman–Crippen MR) is 121 cm³/mol. The van der Waals surface area contributed by atoms with Gasteiger partial charge in [-0.3, -0.25) is 28.7 Å². The SMILES string of the molecule is C[C@@H]1C[C@H]2[C@H](C[C@H](C(=O)N[C@@H](C[C@@H]3CCNC3=O)C(=O)COC(F)(F)F)N2C(=O)C(=O)NC(C)(C)C)O1. The second kappa shape index (κ2) is 10.9. The quantitative estimate of drug-likeness (QED) is 0.395. The molecule has 0 aromatic rings. The standard InChI is InChI=1S/C23H33F3N4O7/c1-11-7-14-17(37-11)9-15(30(14)21(35)20(34)29-22(2,3)4)19(33)28-13(8-12-5-6-27-18(12)32)16(31)10-36-23(24,25)26/h11-15,17H,5-10H2,1-4H3,(H,27,32)(H,28,33)(H,29,34)/t11-,12+,13+,14+,15-,17+/m1/s1. The van der Waals surface area contributed by atoms with Gasteiger partial charge in [-0.05, 0) is 47.0 Å². The Morgan fingerprint density at radius 3 is 2.43 bits per heavy atom. The van der Waals surface area contributed by atoms with Crippen molar-refractivity contribution < 1.29 is 46.6 Å². The second-order valence-corrected chi connectivity index (χ2v) is 10.7. The fourth-order valence-electron chi connectivity index (χ4n) is 4.99. The van der Waals surface area contributed by atoms with Gasteiger partial charge in [0.1, 0.15) is 12.6 Å². The molecule has 0 unspecified atom stereocenters. The number of alkyl halides is 3. The van der Waals surface area contributed by atoms with Gasteiger partial charge in [-0.25, -0.2) is 0 Å². The van der Waals surface area contributed by atoms with Crippen LogP contribution in [-0.4, -0.2) is 89.7 Å². The predicted octanol–water partition coefficient (Wildman–Crippen LogP) is 0.165. The number of ketones is 1. The van der Waals surface area contributed by atoms with Crippen molar-refractivity contribution in [1.29, 1.82) is 0 Å². The molecule has 0 aromatic carbocycles. The highest BCUT2D eigenvalue weighted by Gasteiger charge is 2.53. The average molecular weight is 535 g/mol. The lowest BCUT2D eigenvalue weighted by Crippen LogP contribution is -2.57. The Balaban J connectivity index is 1.79. The molecule has 4 amide bonds. The molecule has 3 N–H and O–H groups in total. The Hall–Kier alpha value is -2.74. The summed E-state index contributed by atoms with van der Waals surface area (Å²) in [7, 11) is 0. The number of fused-ring (bicyclic) bond motifs is 1. The van der Waals surface area contributed by atoms with Gasteiger partial charge in [-0.1, -0.05) is 0 Å². The van der Waals surface area contributed by atoms with Gasteiger partial charge in [0, 0.05) is 24.4 Å². The molecule has 11 nitrogen and oxygen atoms in total. The van der Waals surface area contributed by atoms with Gasteiger partial charge in [0.2, 0.25) is 11.8 Å². The first-order valence-electron chi connectivity index (χ1n) is 12.2. The summed E-state index contributed by atoms with van der Waals surface area (Å²) in [6, 6.07) is -3.23. The van der Waals surface area contributed by atoms with Crippen LogP contribution in [-0.2, 0) is 33.4 Å². The van der Waals surface area contributed by atoms with Gasteiger partial charge in [0.25, 0.3) is 0 Å². The molecule has 0 aliphatic carbocycles. The van der Waals surface area contributed by atoms with E-state index >= 15 is 0 Å². The molecule has 6 atom stereocenters. The van der Waals surface area contributed by atoms with Gasteiger partial charge in [0.05, 0.1) is 24.3 Å². The zero-order chi connectivity index (χ0) is 27.7. The van der Waals surface area contributed by atoms with Crippen LogP contribution in [0.2, 0.25) is 0 Å². The van der Waals surface area contributed by atoms with E-state index in [0.717, 1.165) is 4.90 Å². The van der Waals surface area contributed by atoms with Crippen molar-refractivity contribution >= 4 is 29.4 Å². The van der Waals surface area contributed by atoms with Gasteiger partial charge in [-0.2, -0.15) is 0 Å². The number of hydrogen-bond acceptors (Lipinski definition) is 7. The van der Waals surface area contributed by atoms with Crippen molar-refractivity contribution in [3.63, 3.8) is 0 Å². The molecule has 0 saturated carbocycles. The minimum Gasteiger partial charge on any atom is -0.373 e. The first-order chi connectivity index (χ1) is 17.1. The number of carbonyl (C=O) groups excluding carboxylic acids is 5. The van der Waals surface area contributed by atoms with E-state index in [-0.39, 0.29) is 24.9 Å². The molecule has 14 heteroatoms. The zero-order valence-electron chi connectivity index (χ0n) is 21.1. The van der Waals surface area contributed by atoms with Crippen molar-refractivity contribution in [2.24, 2.45) is 5.92 Å². The van der Waals surface area contributed by atoms with Crippen molar-refractivity contribution in [2.45, 2.75) is 95.6 Å². The molecular formula is C23H33F3N4O7. The molecule has 3 heterocycles. The summed E-state index contributed by atoms with van der Waals surface area (Å²) in [6.07, 6.45) is -5.27.